The fourth-order valence-electron chi connectivity index (χ4n) is 4.23. The molecule has 0 fully saturated rings. The molecule has 7 nitrogen and oxygen atoms in total. The van der Waals surface area contributed by atoms with Gasteiger partial charge in [0.2, 0.25) is 0 Å². The smallest absolute Gasteiger partial charge is 0.407 e. The molecular formula is C29H29ClN4O3. The van der Waals surface area contributed by atoms with Crippen LogP contribution in [0.4, 0.5) is 4.79 Å². The lowest BCUT2D eigenvalue weighted by Crippen LogP contribution is -2.47. The van der Waals surface area contributed by atoms with E-state index in [4.69, 9.17) is 16.3 Å². The van der Waals surface area contributed by atoms with Crippen molar-refractivity contribution < 1.29 is 14.3 Å². The highest BCUT2D eigenvalue weighted by Gasteiger charge is 2.22. The molecule has 0 aliphatic carbocycles. The summed E-state index contributed by atoms with van der Waals surface area (Å²) in [6, 6.07) is 24.4. The first-order valence-corrected chi connectivity index (χ1v) is 12.5. The number of carbonyl (C=O) groups excluding carboxylic acids is 2. The van der Waals surface area contributed by atoms with Crippen molar-refractivity contribution in [2.45, 2.75) is 32.9 Å². The molecule has 1 heterocycles. The van der Waals surface area contributed by atoms with E-state index in [1.807, 2.05) is 85.8 Å². The average molecular weight is 517 g/mol. The molecule has 3 aromatic carbocycles. The summed E-state index contributed by atoms with van der Waals surface area (Å²) >= 11 is 6.42. The fourth-order valence-corrected chi connectivity index (χ4v) is 4.43. The number of aromatic nitrogens is 1. The lowest BCUT2D eigenvalue weighted by molar-refractivity contribution is -0.123. The van der Waals surface area contributed by atoms with E-state index in [2.05, 4.69) is 20.4 Å². The van der Waals surface area contributed by atoms with Crippen molar-refractivity contribution in [1.29, 1.82) is 0 Å². The average Bonchev–Trinajstić information content (AvgIpc) is 3.16. The minimum atomic E-state index is -0.846. The molecule has 37 heavy (non-hydrogen) atoms. The molecule has 0 spiro atoms. The molecule has 0 aliphatic rings. The monoisotopic (exact) mass is 516 g/mol. The Balaban J connectivity index is 1.56. The number of halogens is 1. The number of fused-ring (bicyclic) bond motifs is 1. The largest absolute Gasteiger partial charge is 0.450 e. The molecule has 0 saturated carbocycles. The molecule has 190 valence electrons. The van der Waals surface area contributed by atoms with Crippen LogP contribution in [0, 0.1) is 6.92 Å². The maximum atomic E-state index is 13.0. The molecule has 1 aromatic heterocycles. The molecule has 2 amide bonds. The standard InChI is InChI=1S/C29H29ClN4O3/c1-3-37-29(36)32-26(17-21-11-5-4-6-12-21)28(35)33-31-18-24-20(2)34(27-16-10-8-14-23(24)27)19-22-13-7-9-15-25(22)30/h4-16,18,26H,3,17,19H2,1-2H3,(H,32,36)(H,33,35)/b31-18-/t26-/m1/s1. The first-order chi connectivity index (χ1) is 18.0. The Morgan fingerprint density at radius 2 is 1.73 bits per heavy atom. The van der Waals surface area contributed by atoms with Gasteiger partial charge >= 0.3 is 6.09 Å². The fraction of sp³-hybridized carbons (Fsp3) is 0.207. The summed E-state index contributed by atoms with van der Waals surface area (Å²) in [5, 5.41) is 8.60. The van der Waals surface area contributed by atoms with E-state index in [1.54, 1.807) is 13.1 Å². The van der Waals surface area contributed by atoms with Gasteiger partial charge in [0.15, 0.2) is 0 Å². The highest BCUT2D eigenvalue weighted by Crippen LogP contribution is 2.27. The Hall–Kier alpha value is -4.10. The third-order valence-corrected chi connectivity index (χ3v) is 6.47. The molecule has 4 rings (SSSR count). The number of hydrazone groups is 1. The van der Waals surface area contributed by atoms with Gasteiger partial charge in [-0.2, -0.15) is 5.10 Å². The van der Waals surface area contributed by atoms with Gasteiger partial charge in [0.1, 0.15) is 6.04 Å². The molecule has 0 saturated heterocycles. The third-order valence-electron chi connectivity index (χ3n) is 6.10. The zero-order valence-corrected chi connectivity index (χ0v) is 21.5. The minimum Gasteiger partial charge on any atom is -0.450 e. The van der Waals surface area contributed by atoms with E-state index >= 15 is 0 Å². The number of para-hydroxylation sites is 1. The highest BCUT2D eigenvalue weighted by molar-refractivity contribution is 6.31. The number of hydrogen-bond donors (Lipinski definition) is 2. The molecule has 0 radical (unpaired) electrons. The molecule has 2 N–H and O–H groups in total. The summed E-state index contributed by atoms with van der Waals surface area (Å²) in [7, 11) is 0. The van der Waals surface area contributed by atoms with Gasteiger partial charge < -0.3 is 14.6 Å². The molecule has 8 heteroatoms. The number of nitrogens with zero attached hydrogens (tertiary/aromatic N) is 2. The topological polar surface area (TPSA) is 84.7 Å². The second kappa shape index (κ2) is 12.2. The molecule has 1 atom stereocenters. The van der Waals surface area contributed by atoms with E-state index in [0.717, 1.165) is 33.3 Å². The predicted octanol–water partition coefficient (Wildman–Crippen LogP) is 5.46. The molecular weight excluding hydrogens is 488 g/mol. The second-order valence-electron chi connectivity index (χ2n) is 8.54. The van der Waals surface area contributed by atoms with Gasteiger partial charge in [-0.15, -0.1) is 0 Å². The Kier molecular flexibility index (Phi) is 8.59. The maximum absolute atomic E-state index is 13.0. The number of rotatable bonds is 9. The van der Waals surface area contributed by atoms with Crippen LogP contribution in [0.2, 0.25) is 5.02 Å². The van der Waals surface area contributed by atoms with Crippen LogP contribution in [0.25, 0.3) is 10.9 Å². The van der Waals surface area contributed by atoms with Crippen LogP contribution < -0.4 is 10.7 Å². The van der Waals surface area contributed by atoms with Crippen LogP contribution in [-0.4, -0.2) is 35.4 Å². The Bertz CT molecular complexity index is 1420. The Labute approximate surface area is 221 Å². The van der Waals surface area contributed by atoms with Crippen molar-refractivity contribution in [3.05, 3.63) is 106 Å². The SMILES string of the molecule is CCOC(=O)N[C@H](Cc1ccccc1)C(=O)N/N=C\c1c(C)n(Cc2ccccc2Cl)c2ccccc12. The van der Waals surface area contributed by atoms with E-state index in [-0.39, 0.29) is 6.61 Å². The zero-order chi connectivity index (χ0) is 26.2. The van der Waals surface area contributed by atoms with E-state index in [9.17, 15) is 9.59 Å². The normalized spacial score (nSPS) is 12.0. The summed E-state index contributed by atoms with van der Waals surface area (Å²) in [4.78, 5) is 25.0. The van der Waals surface area contributed by atoms with Crippen molar-refractivity contribution in [3.8, 4) is 0 Å². The van der Waals surface area contributed by atoms with Crippen LogP contribution in [0.15, 0.2) is 84.0 Å². The number of benzene rings is 3. The van der Waals surface area contributed by atoms with Crippen molar-refractivity contribution in [2.24, 2.45) is 5.10 Å². The van der Waals surface area contributed by atoms with Crippen molar-refractivity contribution in [1.82, 2.24) is 15.3 Å². The summed E-state index contributed by atoms with van der Waals surface area (Å²) < 4.78 is 7.16. The number of ether oxygens (including phenoxy) is 1. The van der Waals surface area contributed by atoms with Crippen molar-refractivity contribution in [3.63, 3.8) is 0 Å². The number of amides is 2. The van der Waals surface area contributed by atoms with Gasteiger partial charge in [0, 0.05) is 40.1 Å². The van der Waals surface area contributed by atoms with Crippen LogP contribution >= 0.6 is 11.6 Å². The second-order valence-corrected chi connectivity index (χ2v) is 8.94. The van der Waals surface area contributed by atoms with Crippen molar-refractivity contribution >= 4 is 40.7 Å². The number of alkyl carbamates (subject to hydrolysis) is 1. The van der Waals surface area contributed by atoms with Gasteiger partial charge in [-0.25, -0.2) is 10.2 Å². The van der Waals surface area contributed by atoms with Crippen LogP contribution in [0.3, 0.4) is 0 Å². The summed E-state index contributed by atoms with van der Waals surface area (Å²) in [6.45, 7) is 4.54. The lowest BCUT2D eigenvalue weighted by Gasteiger charge is -2.16. The minimum absolute atomic E-state index is 0.210. The van der Waals surface area contributed by atoms with E-state index in [1.165, 1.54) is 0 Å². The first kappa shape index (κ1) is 26.0. The molecule has 0 aliphatic heterocycles. The molecule has 0 bridgehead atoms. The third kappa shape index (κ3) is 6.37. The quantitative estimate of drug-likeness (QED) is 0.229. The zero-order valence-electron chi connectivity index (χ0n) is 20.8. The van der Waals surface area contributed by atoms with Crippen LogP contribution in [-0.2, 0) is 22.5 Å². The number of hydrogen-bond acceptors (Lipinski definition) is 4. The van der Waals surface area contributed by atoms with Gasteiger partial charge in [-0.05, 0) is 37.1 Å². The van der Waals surface area contributed by atoms with Gasteiger partial charge in [-0.1, -0.05) is 78.3 Å². The predicted molar refractivity (Wildman–Crippen MR) is 147 cm³/mol. The van der Waals surface area contributed by atoms with Crippen LogP contribution in [0.1, 0.15) is 29.3 Å². The Morgan fingerprint density at radius 3 is 2.49 bits per heavy atom. The lowest BCUT2D eigenvalue weighted by atomic mass is 10.1. The van der Waals surface area contributed by atoms with E-state index in [0.29, 0.717) is 18.0 Å². The Morgan fingerprint density at radius 1 is 1.03 bits per heavy atom. The highest BCUT2D eigenvalue weighted by atomic mass is 35.5. The summed E-state index contributed by atoms with van der Waals surface area (Å²) in [5.74, 6) is -0.439. The van der Waals surface area contributed by atoms with Crippen molar-refractivity contribution in [2.75, 3.05) is 6.61 Å². The molecule has 4 aromatic rings. The van der Waals surface area contributed by atoms with Gasteiger partial charge in [0.25, 0.3) is 5.91 Å². The van der Waals surface area contributed by atoms with E-state index < -0.39 is 18.0 Å². The molecule has 0 unspecified atom stereocenters. The van der Waals surface area contributed by atoms with Gasteiger partial charge in [0.05, 0.1) is 12.8 Å². The summed E-state index contributed by atoms with van der Waals surface area (Å²) in [5.41, 5.74) is 7.43. The van der Waals surface area contributed by atoms with Gasteiger partial charge in [-0.3, -0.25) is 4.79 Å². The first-order valence-electron chi connectivity index (χ1n) is 12.1. The number of carbonyl (C=O) groups is 2. The summed E-state index contributed by atoms with van der Waals surface area (Å²) in [6.07, 6.45) is 1.29. The van der Waals surface area contributed by atoms with Crippen LogP contribution in [0.5, 0.6) is 0 Å². The number of nitrogens with one attached hydrogen (secondary N) is 2. The maximum Gasteiger partial charge on any atom is 0.407 e.